The van der Waals surface area contributed by atoms with Crippen LogP contribution in [0.1, 0.15) is 15.9 Å². The van der Waals surface area contributed by atoms with E-state index in [0.717, 1.165) is 24.7 Å². The number of halogens is 3. The van der Waals surface area contributed by atoms with Gasteiger partial charge in [-0.15, -0.1) is 0 Å². The van der Waals surface area contributed by atoms with Crippen molar-refractivity contribution in [3.8, 4) is 0 Å². The lowest BCUT2D eigenvalue weighted by atomic mass is 10.1. The third-order valence-electron chi connectivity index (χ3n) is 2.62. The van der Waals surface area contributed by atoms with Crippen LogP contribution in [0.15, 0.2) is 49.8 Å². The second-order valence-electron chi connectivity index (χ2n) is 4.01. The van der Waals surface area contributed by atoms with E-state index in [1.807, 2.05) is 37.3 Å². The van der Waals surface area contributed by atoms with E-state index >= 15 is 0 Å². The fraction of sp³-hybridized carbons (Fsp3) is 0.0714. The van der Waals surface area contributed by atoms with Gasteiger partial charge >= 0.3 is 0 Å². The zero-order chi connectivity index (χ0) is 14.0. The van der Waals surface area contributed by atoms with Crippen molar-refractivity contribution >= 4 is 59.4 Å². The molecule has 0 heterocycles. The van der Waals surface area contributed by atoms with Gasteiger partial charge in [-0.05, 0) is 74.7 Å². The molecule has 0 aliphatic carbocycles. The van der Waals surface area contributed by atoms with Crippen LogP contribution in [0.3, 0.4) is 0 Å². The number of aryl methyl sites for hydroxylation is 1. The van der Waals surface area contributed by atoms with Crippen molar-refractivity contribution in [2.24, 2.45) is 0 Å². The molecule has 0 aliphatic heterocycles. The number of amides is 1. The number of carbonyl (C=O) groups is 1. The fourth-order valence-electron chi connectivity index (χ4n) is 1.59. The summed E-state index contributed by atoms with van der Waals surface area (Å²) < 4.78 is 2.67. The number of rotatable bonds is 2. The van der Waals surface area contributed by atoms with Crippen LogP contribution in [0.2, 0.25) is 0 Å². The molecule has 1 amide bonds. The van der Waals surface area contributed by atoms with E-state index in [0.29, 0.717) is 5.56 Å². The molecule has 5 heteroatoms. The van der Waals surface area contributed by atoms with Gasteiger partial charge in [0.1, 0.15) is 0 Å². The van der Waals surface area contributed by atoms with Gasteiger partial charge in [0.05, 0.1) is 5.69 Å². The normalized spacial score (nSPS) is 10.3. The van der Waals surface area contributed by atoms with Gasteiger partial charge in [0.25, 0.3) is 5.91 Å². The number of para-hydroxylation sites is 1. The van der Waals surface area contributed by atoms with Gasteiger partial charge in [-0.2, -0.15) is 0 Å². The molecule has 98 valence electrons. The summed E-state index contributed by atoms with van der Waals surface area (Å²) in [5, 5.41) is 2.89. The van der Waals surface area contributed by atoms with Crippen molar-refractivity contribution in [1.29, 1.82) is 0 Å². The molecular formula is C14H10Br3NO. The van der Waals surface area contributed by atoms with Gasteiger partial charge in [0.2, 0.25) is 0 Å². The van der Waals surface area contributed by atoms with Crippen molar-refractivity contribution in [2.75, 3.05) is 5.32 Å². The molecule has 2 aromatic carbocycles. The Labute approximate surface area is 137 Å². The molecule has 0 spiro atoms. The number of hydrogen-bond donors (Lipinski definition) is 1. The molecule has 2 aromatic rings. The van der Waals surface area contributed by atoms with E-state index in [2.05, 4.69) is 53.1 Å². The quantitative estimate of drug-likeness (QED) is 0.643. The molecule has 0 saturated carbocycles. The average Bonchev–Trinajstić information content (AvgIpc) is 2.37. The van der Waals surface area contributed by atoms with Crippen molar-refractivity contribution in [2.45, 2.75) is 6.92 Å². The molecule has 2 nitrogen and oxygen atoms in total. The van der Waals surface area contributed by atoms with Gasteiger partial charge in [0.15, 0.2) is 0 Å². The Hall–Kier alpha value is -0.650. The highest BCUT2D eigenvalue weighted by molar-refractivity contribution is 9.11. The van der Waals surface area contributed by atoms with Crippen LogP contribution < -0.4 is 5.32 Å². The highest BCUT2D eigenvalue weighted by atomic mass is 79.9. The summed E-state index contributed by atoms with van der Waals surface area (Å²) in [5.74, 6) is -0.136. The maximum atomic E-state index is 12.2. The lowest BCUT2D eigenvalue weighted by molar-refractivity contribution is 0.102. The summed E-state index contributed by atoms with van der Waals surface area (Å²) in [5.41, 5.74) is 2.38. The standard InChI is InChI=1S/C14H10Br3NO/c1-8-7-9(5-6-10(8)15)14(19)18-13-11(16)3-2-4-12(13)17/h2-7H,1H3,(H,18,19). The second-order valence-corrected chi connectivity index (χ2v) is 6.58. The minimum absolute atomic E-state index is 0.136. The van der Waals surface area contributed by atoms with E-state index in [1.165, 1.54) is 0 Å². The first kappa shape index (κ1) is 14.8. The van der Waals surface area contributed by atoms with Crippen molar-refractivity contribution in [3.05, 3.63) is 60.9 Å². The molecule has 0 aromatic heterocycles. The molecule has 0 atom stereocenters. The van der Waals surface area contributed by atoms with Crippen molar-refractivity contribution in [1.82, 2.24) is 0 Å². The topological polar surface area (TPSA) is 29.1 Å². The molecule has 0 aliphatic rings. The maximum absolute atomic E-state index is 12.2. The Morgan fingerprint density at radius 3 is 2.21 bits per heavy atom. The summed E-state index contributed by atoms with van der Waals surface area (Å²) in [6.45, 7) is 1.95. The van der Waals surface area contributed by atoms with Gasteiger partial charge in [0, 0.05) is 19.0 Å². The van der Waals surface area contributed by atoms with Crippen LogP contribution in [0.25, 0.3) is 0 Å². The van der Waals surface area contributed by atoms with Gasteiger partial charge in [-0.1, -0.05) is 22.0 Å². The molecule has 0 saturated heterocycles. The minimum Gasteiger partial charge on any atom is -0.320 e. The molecule has 1 N–H and O–H groups in total. The van der Waals surface area contributed by atoms with Crippen LogP contribution in [-0.2, 0) is 0 Å². The fourth-order valence-corrected chi connectivity index (χ4v) is 3.03. The van der Waals surface area contributed by atoms with Crippen molar-refractivity contribution in [3.63, 3.8) is 0 Å². The first-order chi connectivity index (χ1) is 8.99. The number of hydrogen-bond acceptors (Lipinski definition) is 1. The zero-order valence-corrected chi connectivity index (χ0v) is 14.8. The van der Waals surface area contributed by atoms with Crippen molar-refractivity contribution < 1.29 is 4.79 Å². The average molecular weight is 448 g/mol. The molecule has 0 bridgehead atoms. The first-order valence-electron chi connectivity index (χ1n) is 5.50. The summed E-state index contributed by atoms with van der Waals surface area (Å²) in [7, 11) is 0. The monoisotopic (exact) mass is 445 g/mol. The number of anilines is 1. The summed E-state index contributed by atoms with van der Waals surface area (Å²) in [4.78, 5) is 12.2. The van der Waals surface area contributed by atoms with Gasteiger partial charge < -0.3 is 5.32 Å². The minimum atomic E-state index is -0.136. The largest absolute Gasteiger partial charge is 0.320 e. The molecule has 0 radical (unpaired) electrons. The summed E-state index contributed by atoms with van der Waals surface area (Å²) in [6.07, 6.45) is 0. The van der Waals surface area contributed by atoms with E-state index in [-0.39, 0.29) is 5.91 Å². The van der Waals surface area contributed by atoms with Crippen LogP contribution in [0.4, 0.5) is 5.69 Å². The lowest BCUT2D eigenvalue weighted by Gasteiger charge is -2.10. The predicted octanol–water partition coefficient (Wildman–Crippen LogP) is 5.53. The lowest BCUT2D eigenvalue weighted by Crippen LogP contribution is -2.12. The second kappa shape index (κ2) is 6.20. The highest BCUT2D eigenvalue weighted by Crippen LogP contribution is 2.31. The Balaban J connectivity index is 2.28. The van der Waals surface area contributed by atoms with Crippen LogP contribution in [0, 0.1) is 6.92 Å². The van der Waals surface area contributed by atoms with Crippen LogP contribution in [0.5, 0.6) is 0 Å². The summed E-state index contributed by atoms with van der Waals surface area (Å²) >= 11 is 10.3. The molecule has 0 unspecified atom stereocenters. The van der Waals surface area contributed by atoms with E-state index in [9.17, 15) is 4.79 Å². The predicted molar refractivity (Wildman–Crippen MR) is 88.7 cm³/mol. The molecule has 0 fully saturated rings. The summed E-state index contributed by atoms with van der Waals surface area (Å²) in [6, 6.07) is 11.2. The van der Waals surface area contributed by atoms with E-state index in [4.69, 9.17) is 0 Å². The van der Waals surface area contributed by atoms with Gasteiger partial charge in [-0.25, -0.2) is 0 Å². The molecule has 2 rings (SSSR count). The zero-order valence-electron chi connectivity index (χ0n) is 10.0. The third kappa shape index (κ3) is 3.46. The highest BCUT2D eigenvalue weighted by Gasteiger charge is 2.11. The Morgan fingerprint density at radius 2 is 1.63 bits per heavy atom. The third-order valence-corrected chi connectivity index (χ3v) is 4.83. The Morgan fingerprint density at radius 1 is 1.00 bits per heavy atom. The van der Waals surface area contributed by atoms with E-state index < -0.39 is 0 Å². The Kier molecular flexibility index (Phi) is 4.81. The number of carbonyl (C=O) groups excluding carboxylic acids is 1. The maximum Gasteiger partial charge on any atom is 0.255 e. The molecular weight excluding hydrogens is 438 g/mol. The Bertz CT molecular complexity index is 620. The van der Waals surface area contributed by atoms with Gasteiger partial charge in [-0.3, -0.25) is 4.79 Å². The van der Waals surface area contributed by atoms with Crippen LogP contribution in [-0.4, -0.2) is 5.91 Å². The molecule has 19 heavy (non-hydrogen) atoms. The number of benzene rings is 2. The van der Waals surface area contributed by atoms with Crippen LogP contribution >= 0.6 is 47.8 Å². The smallest absolute Gasteiger partial charge is 0.255 e. The van der Waals surface area contributed by atoms with E-state index in [1.54, 1.807) is 6.07 Å². The number of nitrogens with one attached hydrogen (secondary N) is 1. The first-order valence-corrected chi connectivity index (χ1v) is 7.88. The SMILES string of the molecule is Cc1cc(C(=O)Nc2c(Br)cccc2Br)ccc1Br.